The van der Waals surface area contributed by atoms with Gasteiger partial charge >= 0.3 is 5.69 Å². The van der Waals surface area contributed by atoms with Crippen molar-refractivity contribution in [3.05, 3.63) is 23.0 Å². The van der Waals surface area contributed by atoms with Crippen LogP contribution in [0, 0.1) is 0 Å². The molecule has 2 heterocycles. The zero-order chi connectivity index (χ0) is 6.97. The first-order valence-corrected chi connectivity index (χ1v) is 2.75. The fourth-order valence-corrected chi connectivity index (χ4v) is 0.759. The molecule has 2 N–H and O–H groups in total. The van der Waals surface area contributed by atoms with Crippen LogP contribution >= 0.6 is 12.4 Å². The number of imidazole rings is 1. The molecule has 2 aromatic rings. The lowest BCUT2D eigenvalue weighted by Crippen LogP contribution is -2.08. The van der Waals surface area contributed by atoms with E-state index in [1.54, 1.807) is 0 Å². The van der Waals surface area contributed by atoms with E-state index in [2.05, 4.69) is 19.9 Å². The maximum atomic E-state index is 10.6. The molecule has 0 atom stereocenters. The predicted molar refractivity (Wildman–Crippen MR) is 41.8 cm³/mol. The summed E-state index contributed by atoms with van der Waals surface area (Å²) < 4.78 is 0. The molecule has 0 bridgehead atoms. The van der Waals surface area contributed by atoms with E-state index < -0.39 is 0 Å². The molecule has 0 aliphatic heterocycles. The fraction of sp³-hybridized carbons (Fsp3) is 0. The Morgan fingerprint density at radius 2 is 2.18 bits per heavy atom. The topological polar surface area (TPSA) is 74.4 Å². The highest BCUT2D eigenvalue weighted by Crippen LogP contribution is 1.97. The SMILES string of the molecule is Cl.O=c1ncc2[nH]cnc2[nH]1. The Morgan fingerprint density at radius 1 is 1.36 bits per heavy atom. The van der Waals surface area contributed by atoms with Crippen LogP contribution in [-0.2, 0) is 0 Å². The van der Waals surface area contributed by atoms with Gasteiger partial charge in [0.25, 0.3) is 0 Å². The molecule has 0 aromatic carbocycles. The third-order valence-electron chi connectivity index (χ3n) is 1.21. The number of hydrogen-bond donors (Lipinski definition) is 2. The first-order chi connectivity index (χ1) is 4.86. The van der Waals surface area contributed by atoms with Gasteiger partial charge in [-0.1, -0.05) is 0 Å². The average Bonchev–Trinajstić information content (AvgIpc) is 2.33. The summed E-state index contributed by atoms with van der Waals surface area (Å²) in [5, 5.41) is 0. The van der Waals surface area contributed by atoms with Crippen LogP contribution in [0.25, 0.3) is 11.2 Å². The van der Waals surface area contributed by atoms with Crippen molar-refractivity contribution in [2.24, 2.45) is 0 Å². The van der Waals surface area contributed by atoms with Gasteiger partial charge in [0.05, 0.1) is 12.5 Å². The van der Waals surface area contributed by atoms with E-state index in [0.29, 0.717) is 5.65 Å². The second-order valence-corrected chi connectivity index (χ2v) is 1.85. The summed E-state index contributed by atoms with van der Waals surface area (Å²) in [6.07, 6.45) is 2.95. The summed E-state index contributed by atoms with van der Waals surface area (Å²) in [5.74, 6) is 0. The van der Waals surface area contributed by atoms with Crippen molar-refractivity contribution in [2.45, 2.75) is 0 Å². The van der Waals surface area contributed by atoms with E-state index in [0.717, 1.165) is 5.52 Å². The van der Waals surface area contributed by atoms with E-state index >= 15 is 0 Å². The van der Waals surface area contributed by atoms with Crippen LogP contribution in [0.5, 0.6) is 0 Å². The molecule has 58 valence electrons. The van der Waals surface area contributed by atoms with Crippen molar-refractivity contribution in [3.8, 4) is 0 Å². The Balaban J connectivity index is 0.000000605. The van der Waals surface area contributed by atoms with Crippen LogP contribution in [0.2, 0.25) is 0 Å². The molecule has 11 heavy (non-hydrogen) atoms. The number of rotatable bonds is 0. The van der Waals surface area contributed by atoms with Crippen molar-refractivity contribution < 1.29 is 0 Å². The van der Waals surface area contributed by atoms with Gasteiger partial charge in [0.15, 0.2) is 5.65 Å². The molecule has 0 unspecified atom stereocenters. The van der Waals surface area contributed by atoms with Gasteiger partial charge in [0, 0.05) is 0 Å². The largest absolute Gasteiger partial charge is 0.346 e. The highest BCUT2D eigenvalue weighted by atomic mass is 35.5. The Morgan fingerprint density at radius 3 is 3.00 bits per heavy atom. The summed E-state index contributed by atoms with van der Waals surface area (Å²) in [6.45, 7) is 0. The molecule has 0 saturated carbocycles. The van der Waals surface area contributed by atoms with Crippen molar-refractivity contribution in [1.82, 2.24) is 19.9 Å². The molecule has 0 spiro atoms. The molecule has 6 heteroatoms. The monoisotopic (exact) mass is 172 g/mol. The van der Waals surface area contributed by atoms with Crippen LogP contribution < -0.4 is 5.69 Å². The van der Waals surface area contributed by atoms with Crippen molar-refractivity contribution in [2.75, 3.05) is 0 Å². The number of aromatic nitrogens is 4. The molecule has 2 rings (SSSR count). The number of nitrogens with zero attached hydrogens (tertiary/aromatic N) is 2. The number of fused-ring (bicyclic) bond motifs is 1. The van der Waals surface area contributed by atoms with Crippen LogP contribution in [0.3, 0.4) is 0 Å². The third-order valence-corrected chi connectivity index (χ3v) is 1.21. The molecular weight excluding hydrogens is 168 g/mol. The van der Waals surface area contributed by atoms with Crippen LogP contribution in [0.15, 0.2) is 17.3 Å². The Hall–Kier alpha value is -1.36. The molecule has 0 saturated heterocycles. The molecule has 0 aliphatic rings. The normalized spacial score (nSPS) is 9.45. The minimum atomic E-state index is -0.375. The van der Waals surface area contributed by atoms with Crippen LogP contribution in [0.4, 0.5) is 0 Å². The number of hydrogen-bond acceptors (Lipinski definition) is 3. The van der Waals surface area contributed by atoms with Gasteiger partial charge in [0.2, 0.25) is 0 Å². The van der Waals surface area contributed by atoms with E-state index in [-0.39, 0.29) is 18.1 Å². The molecule has 0 radical (unpaired) electrons. The second kappa shape index (κ2) is 2.71. The number of halogens is 1. The lowest BCUT2D eigenvalue weighted by atomic mass is 10.6. The fourth-order valence-electron chi connectivity index (χ4n) is 0.759. The van der Waals surface area contributed by atoms with Gasteiger partial charge in [-0.25, -0.2) is 9.78 Å². The minimum absolute atomic E-state index is 0. The Kier molecular flexibility index (Phi) is 1.91. The molecule has 0 aliphatic carbocycles. The van der Waals surface area contributed by atoms with Gasteiger partial charge in [-0.3, -0.25) is 4.98 Å². The number of nitrogens with one attached hydrogen (secondary N) is 2. The van der Waals surface area contributed by atoms with Crippen molar-refractivity contribution in [1.29, 1.82) is 0 Å². The van der Waals surface area contributed by atoms with E-state index in [1.807, 2.05) is 0 Å². The molecule has 5 nitrogen and oxygen atoms in total. The van der Waals surface area contributed by atoms with Crippen molar-refractivity contribution in [3.63, 3.8) is 0 Å². The van der Waals surface area contributed by atoms with Gasteiger partial charge < -0.3 is 4.98 Å². The lowest BCUT2D eigenvalue weighted by molar-refractivity contribution is 1.10. The summed E-state index contributed by atoms with van der Waals surface area (Å²) in [6, 6.07) is 0. The zero-order valence-corrected chi connectivity index (χ0v) is 6.18. The van der Waals surface area contributed by atoms with Gasteiger partial charge in [-0.15, -0.1) is 12.4 Å². The summed E-state index contributed by atoms with van der Waals surface area (Å²) in [5.41, 5.74) is 0.902. The summed E-state index contributed by atoms with van der Waals surface area (Å²) in [7, 11) is 0. The predicted octanol–water partition coefficient (Wildman–Crippen LogP) is 0.0680. The molecule has 2 aromatic heterocycles. The minimum Gasteiger partial charge on any atom is -0.342 e. The Bertz CT molecular complexity index is 406. The molecular formula is C5H5ClN4O. The average molecular weight is 173 g/mol. The van der Waals surface area contributed by atoms with Crippen molar-refractivity contribution >= 4 is 23.6 Å². The standard InChI is InChI=1S/C5H4N4O.ClH/c10-5-6-1-3-4(9-5)8-2-7-3;/h1-2H,(H2,6,7,8,9,10);1H. The number of aromatic amines is 2. The van der Waals surface area contributed by atoms with Gasteiger partial charge in [-0.05, 0) is 0 Å². The third kappa shape index (κ3) is 1.22. The maximum Gasteiger partial charge on any atom is 0.346 e. The highest BCUT2D eigenvalue weighted by molar-refractivity contribution is 5.85. The van der Waals surface area contributed by atoms with E-state index in [9.17, 15) is 4.79 Å². The van der Waals surface area contributed by atoms with E-state index in [4.69, 9.17) is 0 Å². The molecule has 0 amide bonds. The van der Waals surface area contributed by atoms with Gasteiger partial charge in [-0.2, -0.15) is 4.98 Å². The first kappa shape index (κ1) is 7.74. The zero-order valence-electron chi connectivity index (χ0n) is 5.37. The molecule has 0 fully saturated rings. The van der Waals surface area contributed by atoms with Crippen LogP contribution in [0.1, 0.15) is 0 Å². The summed E-state index contributed by atoms with van der Waals surface area (Å²) >= 11 is 0. The lowest BCUT2D eigenvalue weighted by Gasteiger charge is -1.82. The van der Waals surface area contributed by atoms with Gasteiger partial charge in [0.1, 0.15) is 5.52 Å². The summed E-state index contributed by atoms with van der Waals surface area (Å²) in [4.78, 5) is 23.2. The quantitative estimate of drug-likeness (QED) is 0.591. The highest BCUT2D eigenvalue weighted by Gasteiger charge is 1.93. The van der Waals surface area contributed by atoms with E-state index in [1.165, 1.54) is 12.5 Å². The number of H-pyrrole nitrogens is 2. The Labute approximate surface area is 67.3 Å². The first-order valence-electron chi connectivity index (χ1n) is 2.75. The van der Waals surface area contributed by atoms with Crippen LogP contribution in [-0.4, -0.2) is 19.9 Å². The maximum absolute atomic E-state index is 10.6. The second-order valence-electron chi connectivity index (χ2n) is 1.85. The smallest absolute Gasteiger partial charge is 0.342 e.